The summed E-state index contributed by atoms with van der Waals surface area (Å²) in [5.74, 6) is -3.18. The fraction of sp³-hybridized carbons (Fsp3) is 0.474. The number of piperidine rings is 1. The molecule has 2 heterocycles. The van der Waals surface area contributed by atoms with Crippen molar-refractivity contribution in [3.05, 3.63) is 29.1 Å². The van der Waals surface area contributed by atoms with Crippen molar-refractivity contribution in [3.63, 3.8) is 0 Å². The number of nitrogens with zero attached hydrogens (tertiary/aromatic N) is 1. The van der Waals surface area contributed by atoms with E-state index in [1.54, 1.807) is 0 Å². The Balaban J connectivity index is 0.000000665. The van der Waals surface area contributed by atoms with Crippen LogP contribution in [0.25, 0.3) is 0 Å². The van der Waals surface area contributed by atoms with Crippen molar-refractivity contribution in [3.8, 4) is 0 Å². The quantitative estimate of drug-likeness (QED) is 0.771. The summed E-state index contributed by atoms with van der Waals surface area (Å²) in [7, 11) is 1.49. The maximum absolute atomic E-state index is 13.8. The third kappa shape index (κ3) is 4.50. The fourth-order valence-electron chi connectivity index (χ4n) is 2.68. The fourth-order valence-corrected chi connectivity index (χ4v) is 2.68. The maximum Gasteiger partial charge on any atom is 0.262 e. The van der Waals surface area contributed by atoms with E-state index in [1.807, 2.05) is 13.8 Å². The second-order valence-electron chi connectivity index (χ2n) is 5.78. The van der Waals surface area contributed by atoms with Crippen molar-refractivity contribution in [2.45, 2.75) is 53.0 Å². The van der Waals surface area contributed by atoms with E-state index in [-0.39, 0.29) is 29.7 Å². The molecule has 1 aromatic rings. The van der Waals surface area contributed by atoms with E-state index >= 15 is 0 Å². The first kappa shape index (κ1) is 22.3. The van der Waals surface area contributed by atoms with E-state index in [1.165, 1.54) is 19.5 Å². The number of hydrogen-bond donors (Lipinski definition) is 2. The predicted octanol–water partition coefficient (Wildman–Crippen LogP) is 2.71. The first-order chi connectivity index (χ1) is 12.8. The Bertz CT molecular complexity index is 749. The molecule has 1 atom stereocenters. The summed E-state index contributed by atoms with van der Waals surface area (Å²) in [6.45, 7) is 8.25. The molecule has 3 rings (SSSR count). The number of hydrogen-bond acceptors (Lipinski definition) is 5. The van der Waals surface area contributed by atoms with Crippen molar-refractivity contribution in [1.82, 2.24) is 10.2 Å². The van der Waals surface area contributed by atoms with Gasteiger partial charge in [0.25, 0.3) is 11.8 Å². The molecule has 0 aromatic heterocycles. The molecular weight excluding hydrogens is 353 g/mol. The Morgan fingerprint density at radius 3 is 2.11 bits per heavy atom. The SMILES string of the molecule is CC.CCC.CNc1cc2c(cc1F)C(=O)N(C1CCC(=O)NC1=O)C2=O. The molecule has 1 saturated heterocycles. The number of halogens is 1. The summed E-state index contributed by atoms with van der Waals surface area (Å²) in [5.41, 5.74) is 0.0525. The first-order valence-corrected chi connectivity index (χ1v) is 9.08. The van der Waals surface area contributed by atoms with Crippen LogP contribution in [0.2, 0.25) is 0 Å². The number of rotatable bonds is 2. The number of nitrogens with one attached hydrogen (secondary N) is 2. The number of carbonyl (C=O) groups excluding carboxylic acids is 4. The van der Waals surface area contributed by atoms with Gasteiger partial charge >= 0.3 is 0 Å². The highest BCUT2D eigenvalue weighted by atomic mass is 19.1. The van der Waals surface area contributed by atoms with E-state index in [0.29, 0.717) is 0 Å². The number of carbonyl (C=O) groups is 4. The van der Waals surface area contributed by atoms with Crippen LogP contribution >= 0.6 is 0 Å². The van der Waals surface area contributed by atoms with Crippen LogP contribution in [-0.2, 0) is 9.59 Å². The van der Waals surface area contributed by atoms with Gasteiger partial charge in [0.1, 0.15) is 11.9 Å². The molecule has 0 bridgehead atoms. The first-order valence-electron chi connectivity index (χ1n) is 9.08. The van der Waals surface area contributed by atoms with Crippen LogP contribution in [0.5, 0.6) is 0 Å². The third-order valence-corrected chi connectivity index (χ3v) is 3.80. The number of fused-ring (bicyclic) bond motifs is 1. The summed E-state index contributed by atoms with van der Waals surface area (Å²) < 4.78 is 13.8. The highest BCUT2D eigenvalue weighted by molar-refractivity contribution is 6.23. The van der Waals surface area contributed by atoms with Crippen LogP contribution < -0.4 is 10.6 Å². The maximum atomic E-state index is 13.8. The van der Waals surface area contributed by atoms with Crippen molar-refractivity contribution in [2.24, 2.45) is 0 Å². The highest BCUT2D eigenvalue weighted by Gasteiger charge is 2.45. The van der Waals surface area contributed by atoms with Crippen molar-refractivity contribution in [2.75, 3.05) is 12.4 Å². The van der Waals surface area contributed by atoms with E-state index in [9.17, 15) is 23.6 Å². The van der Waals surface area contributed by atoms with Gasteiger partial charge in [-0.2, -0.15) is 0 Å². The van der Waals surface area contributed by atoms with Gasteiger partial charge in [0, 0.05) is 13.5 Å². The number of amides is 4. The Kier molecular flexibility index (Phi) is 8.08. The van der Waals surface area contributed by atoms with Crippen molar-refractivity contribution >= 4 is 29.3 Å². The normalized spacial score (nSPS) is 18.0. The van der Waals surface area contributed by atoms with Crippen LogP contribution in [0.3, 0.4) is 0 Å². The van der Waals surface area contributed by atoms with Crippen LogP contribution in [0.4, 0.5) is 10.1 Å². The van der Waals surface area contributed by atoms with Crippen LogP contribution in [-0.4, -0.2) is 41.6 Å². The molecule has 2 aliphatic rings. The summed E-state index contributed by atoms with van der Waals surface area (Å²) in [6, 6.07) is 1.18. The second-order valence-corrected chi connectivity index (χ2v) is 5.78. The number of imide groups is 2. The number of benzene rings is 1. The Labute approximate surface area is 158 Å². The molecule has 0 radical (unpaired) electrons. The molecule has 27 heavy (non-hydrogen) atoms. The van der Waals surface area contributed by atoms with Gasteiger partial charge in [-0.3, -0.25) is 29.4 Å². The van der Waals surface area contributed by atoms with E-state index in [2.05, 4.69) is 24.5 Å². The molecule has 2 N–H and O–H groups in total. The summed E-state index contributed by atoms with van der Waals surface area (Å²) >= 11 is 0. The predicted molar refractivity (Wildman–Crippen MR) is 99.9 cm³/mol. The van der Waals surface area contributed by atoms with Crippen LogP contribution in [0, 0.1) is 5.82 Å². The lowest BCUT2D eigenvalue weighted by atomic mass is 10.0. The molecule has 1 aromatic carbocycles. The molecule has 0 saturated carbocycles. The van der Waals surface area contributed by atoms with Crippen molar-refractivity contribution < 1.29 is 23.6 Å². The molecule has 1 fully saturated rings. The van der Waals surface area contributed by atoms with Gasteiger partial charge in [0.05, 0.1) is 16.8 Å². The molecule has 148 valence electrons. The van der Waals surface area contributed by atoms with E-state index in [4.69, 9.17) is 0 Å². The summed E-state index contributed by atoms with van der Waals surface area (Å²) in [5, 5.41) is 4.69. The molecule has 1 unspecified atom stereocenters. The number of anilines is 1. The smallest absolute Gasteiger partial charge is 0.262 e. The van der Waals surface area contributed by atoms with Gasteiger partial charge in [0.2, 0.25) is 11.8 Å². The second kappa shape index (κ2) is 9.80. The highest BCUT2D eigenvalue weighted by Crippen LogP contribution is 2.30. The van der Waals surface area contributed by atoms with Gasteiger partial charge < -0.3 is 5.32 Å². The van der Waals surface area contributed by atoms with E-state index in [0.717, 1.165) is 11.0 Å². The molecule has 0 aliphatic carbocycles. The van der Waals surface area contributed by atoms with Crippen LogP contribution in [0.15, 0.2) is 12.1 Å². The molecule has 4 amide bonds. The summed E-state index contributed by atoms with van der Waals surface area (Å²) in [6.07, 6.45) is 1.36. The topological polar surface area (TPSA) is 95.6 Å². The minimum Gasteiger partial charge on any atom is -0.386 e. The Hall–Kier alpha value is -2.77. The van der Waals surface area contributed by atoms with Gasteiger partial charge in [-0.15, -0.1) is 0 Å². The van der Waals surface area contributed by atoms with Gasteiger partial charge in [0.15, 0.2) is 0 Å². The average molecular weight is 379 g/mol. The Morgan fingerprint density at radius 2 is 1.63 bits per heavy atom. The van der Waals surface area contributed by atoms with Crippen LogP contribution in [0.1, 0.15) is 67.7 Å². The minimum absolute atomic E-state index is 0.0416. The standard InChI is InChI=1S/C14H12FN3O4.C3H8.C2H6/c1-16-9-5-7-6(4-8(9)15)13(21)18(14(7)22)10-2-3-11(19)17-12(10)20;1-3-2;1-2/h4-5,10,16H,2-3H2,1H3,(H,17,19,20);3H2,1-2H3;1-2H3. The molecular formula is C19H26FN3O4. The monoisotopic (exact) mass is 379 g/mol. The Morgan fingerprint density at radius 1 is 1.11 bits per heavy atom. The minimum atomic E-state index is -1.05. The molecule has 2 aliphatic heterocycles. The van der Waals surface area contributed by atoms with Gasteiger partial charge in [-0.25, -0.2) is 4.39 Å². The largest absolute Gasteiger partial charge is 0.386 e. The average Bonchev–Trinajstić information content (AvgIpc) is 2.87. The molecule has 8 heteroatoms. The third-order valence-electron chi connectivity index (χ3n) is 3.80. The zero-order valence-electron chi connectivity index (χ0n) is 16.3. The zero-order valence-corrected chi connectivity index (χ0v) is 16.3. The molecule has 7 nitrogen and oxygen atoms in total. The zero-order chi connectivity index (χ0) is 20.7. The lowest BCUT2D eigenvalue weighted by molar-refractivity contribution is -0.136. The summed E-state index contributed by atoms with van der Waals surface area (Å²) in [4.78, 5) is 48.6. The molecule has 0 spiro atoms. The van der Waals surface area contributed by atoms with Crippen molar-refractivity contribution in [1.29, 1.82) is 0 Å². The lowest BCUT2D eigenvalue weighted by Crippen LogP contribution is -2.54. The lowest BCUT2D eigenvalue weighted by Gasteiger charge is -2.27. The van der Waals surface area contributed by atoms with E-state index < -0.39 is 35.5 Å². The van der Waals surface area contributed by atoms with Gasteiger partial charge in [-0.1, -0.05) is 34.1 Å². The van der Waals surface area contributed by atoms with Gasteiger partial charge in [-0.05, 0) is 18.6 Å².